The number of ether oxygens (including phenoxy) is 1. The average Bonchev–Trinajstić information content (AvgIpc) is 3.46. The molecule has 38 heavy (non-hydrogen) atoms. The van der Waals surface area contributed by atoms with Crippen LogP contribution in [0.25, 0.3) is 10.9 Å². The minimum Gasteiger partial charge on any atom is -0.481 e. The second-order valence-electron chi connectivity index (χ2n) is 10.3. The Balaban J connectivity index is 1.57. The summed E-state index contributed by atoms with van der Waals surface area (Å²) in [6, 6.07) is 12.5. The summed E-state index contributed by atoms with van der Waals surface area (Å²) in [5.74, 6) is -2.44. The second kappa shape index (κ2) is 11.0. The third kappa shape index (κ3) is 6.31. The van der Waals surface area contributed by atoms with Crippen LogP contribution >= 0.6 is 0 Å². The zero-order valence-corrected chi connectivity index (χ0v) is 21.6. The van der Waals surface area contributed by atoms with Crippen LogP contribution in [0.1, 0.15) is 38.3 Å². The highest BCUT2D eigenvalue weighted by Crippen LogP contribution is 2.28. The van der Waals surface area contributed by atoms with Gasteiger partial charge in [-0.3, -0.25) is 14.4 Å². The predicted octanol–water partition coefficient (Wildman–Crippen LogP) is 3.15. The molecule has 0 bridgehead atoms. The maximum Gasteiger partial charge on any atom is 0.408 e. The Hall–Kier alpha value is -4.34. The van der Waals surface area contributed by atoms with Gasteiger partial charge in [-0.25, -0.2) is 4.79 Å². The number of anilines is 1. The molecule has 2 aromatic carbocycles. The first-order valence-corrected chi connectivity index (χ1v) is 12.5. The number of fused-ring (bicyclic) bond motifs is 2. The number of carbonyl (C=O) groups excluding carboxylic acids is 3. The molecule has 1 aliphatic heterocycles. The molecule has 10 nitrogen and oxygen atoms in total. The number of aromatic amines is 1. The van der Waals surface area contributed by atoms with Crippen molar-refractivity contribution < 1.29 is 29.0 Å². The van der Waals surface area contributed by atoms with Gasteiger partial charge >= 0.3 is 12.1 Å². The highest BCUT2D eigenvalue weighted by Gasteiger charge is 2.35. The molecule has 3 aromatic rings. The van der Waals surface area contributed by atoms with E-state index >= 15 is 0 Å². The molecule has 1 aliphatic rings. The van der Waals surface area contributed by atoms with E-state index in [9.17, 15) is 24.3 Å². The number of benzene rings is 2. The SMILES string of the molecule is CC(C)(C)OC(=O)N[C@@H](Cc1c[nH]c2ccccc12)C(=O)N[C@@H](CC(=O)O)C(=O)N1CCc2ccccc21. The number of para-hydroxylation sites is 2. The number of nitrogens with one attached hydrogen (secondary N) is 3. The fourth-order valence-corrected chi connectivity index (χ4v) is 4.58. The molecule has 10 heteroatoms. The molecule has 200 valence electrons. The molecular weight excluding hydrogens is 488 g/mol. The highest BCUT2D eigenvalue weighted by atomic mass is 16.6. The van der Waals surface area contributed by atoms with Gasteiger partial charge in [-0.05, 0) is 50.5 Å². The van der Waals surface area contributed by atoms with Gasteiger partial charge in [-0.2, -0.15) is 0 Å². The van der Waals surface area contributed by atoms with Gasteiger partial charge in [0, 0.05) is 35.8 Å². The lowest BCUT2D eigenvalue weighted by atomic mass is 10.0. The van der Waals surface area contributed by atoms with Gasteiger partial charge in [0.05, 0.1) is 6.42 Å². The third-order valence-corrected chi connectivity index (χ3v) is 6.25. The number of alkyl carbamates (subject to hydrolysis) is 1. The Labute approximate surface area is 220 Å². The maximum absolute atomic E-state index is 13.5. The number of carboxylic acid groups (broad SMARTS) is 1. The first-order chi connectivity index (χ1) is 18.0. The Bertz CT molecular complexity index is 1360. The van der Waals surface area contributed by atoms with Crippen molar-refractivity contribution in [3.05, 3.63) is 65.9 Å². The van der Waals surface area contributed by atoms with Crippen molar-refractivity contribution in [1.82, 2.24) is 15.6 Å². The van der Waals surface area contributed by atoms with Crippen LogP contribution in [0.2, 0.25) is 0 Å². The molecule has 4 rings (SSSR count). The van der Waals surface area contributed by atoms with Gasteiger partial charge in [-0.1, -0.05) is 36.4 Å². The normalized spacial score (nSPS) is 14.4. The molecule has 2 heterocycles. The lowest BCUT2D eigenvalue weighted by molar-refractivity contribution is -0.140. The Morgan fingerprint density at radius 1 is 1.03 bits per heavy atom. The van der Waals surface area contributed by atoms with Crippen LogP contribution in [0.3, 0.4) is 0 Å². The van der Waals surface area contributed by atoms with E-state index in [1.807, 2.05) is 36.4 Å². The minimum absolute atomic E-state index is 0.0929. The minimum atomic E-state index is -1.32. The standard InChI is InChI=1S/C28H32N4O6/c1-28(2,3)38-27(37)31-21(14-18-16-29-20-10-6-5-9-19(18)20)25(35)30-22(15-24(33)34)26(36)32-13-12-17-8-4-7-11-23(17)32/h4-11,16,21-22,29H,12-15H2,1-3H3,(H,30,35)(H,31,37)(H,33,34)/t21-,22-/m0/s1. The molecule has 0 spiro atoms. The number of nitrogens with zero attached hydrogens (tertiary/aromatic N) is 1. The van der Waals surface area contributed by atoms with Gasteiger partial charge in [0.15, 0.2) is 0 Å². The molecule has 0 fully saturated rings. The van der Waals surface area contributed by atoms with Crippen LogP contribution in [0.5, 0.6) is 0 Å². The molecule has 3 amide bonds. The summed E-state index contributed by atoms with van der Waals surface area (Å²) in [7, 11) is 0. The Morgan fingerprint density at radius 2 is 1.74 bits per heavy atom. The molecule has 0 unspecified atom stereocenters. The lowest BCUT2D eigenvalue weighted by Crippen LogP contribution is -2.56. The highest BCUT2D eigenvalue weighted by molar-refractivity contribution is 6.03. The Morgan fingerprint density at radius 3 is 2.47 bits per heavy atom. The summed E-state index contributed by atoms with van der Waals surface area (Å²) in [5, 5.41) is 15.6. The van der Waals surface area contributed by atoms with Crippen LogP contribution in [0, 0.1) is 0 Å². The van der Waals surface area contributed by atoms with Gasteiger partial charge in [0.25, 0.3) is 0 Å². The number of aromatic nitrogens is 1. The van der Waals surface area contributed by atoms with Gasteiger partial charge in [-0.15, -0.1) is 0 Å². The van der Waals surface area contributed by atoms with Crippen molar-refractivity contribution in [3.8, 4) is 0 Å². The zero-order chi connectivity index (χ0) is 27.4. The number of amides is 3. The molecule has 0 saturated heterocycles. The number of carbonyl (C=O) groups is 4. The first-order valence-electron chi connectivity index (χ1n) is 12.5. The first kappa shape index (κ1) is 26.7. The Kier molecular flexibility index (Phi) is 7.70. The van der Waals surface area contributed by atoms with E-state index in [1.54, 1.807) is 39.1 Å². The van der Waals surface area contributed by atoms with Crippen molar-refractivity contribution >= 4 is 40.5 Å². The number of hydrogen-bond acceptors (Lipinski definition) is 5. The molecule has 4 N–H and O–H groups in total. The molecule has 0 saturated carbocycles. The fraction of sp³-hybridized carbons (Fsp3) is 0.357. The summed E-state index contributed by atoms with van der Waals surface area (Å²) in [6.07, 6.45) is 1.08. The largest absolute Gasteiger partial charge is 0.481 e. The van der Waals surface area contributed by atoms with Crippen LogP contribution in [-0.4, -0.2) is 58.2 Å². The summed E-state index contributed by atoms with van der Waals surface area (Å²) >= 11 is 0. The maximum atomic E-state index is 13.5. The summed E-state index contributed by atoms with van der Waals surface area (Å²) in [5.41, 5.74) is 2.52. The van der Waals surface area contributed by atoms with Crippen LogP contribution in [0.15, 0.2) is 54.7 Å². The summed E-state index contributed by atoms with van der Waals surface area (Å²) in [4.78, 5) is 55.8. The van der Waals surface area contributed by atoms with E-state index in [2.05, 4.69) is 15.6 Å². The van der Waals surface area contributed by atoms with E-state index in [0.717, 1.165) is 22.0 Å². The molecule has 0 radical (unpaired) electrons. The zero-order valence-electron chi connectivity index (χ0n) is 21.6. The lowest BCUT2D eigenvalue weighted by Gasteiger charge is -2.27. The van der Waals surface area contributed by atoms with Crippen molar-refractivity contribution in [3.63, 3.8) is 0 Å². The predicted molar refractivity (Wildman–Crippen MR) is 142 cm³/mol. The van der Waals surface area contributed by atoms with E-state index in [4.69, 9.17) is 4.74 Å². The number of hydrogen-bond donors (Lipinski definition) is 4. The molecule has 2 atom stereocenters. The van der Waals surface area contributed by atoms with Gasteiger partial charge in [0.1, 0.15) is 17.7 Å². The molecule has 1 aromatic heterocycles. The smallest absolute Gasteiger partial charge is 0.408 e. The molecular formula is C28H32N4O6. The van der Waals surface area contributed by atoms with Crippen molar-refractivity contribution in [2.45, 2.75) is 57.7 Å². The van der Waals surface area contributed by atoms with E-state index < -0.39 is 48.0 Å². The van der Waals surface area contributed by atoms with Crippen molar-refractivity contribution in [2.75, 3.05) is 11.4 Å². The fourth-order valence-electron chi connectivity index (χ4n) is 4.58. The summed E-state index contributed by atoms with van der Waals surface area (Å²) < 4.78 is 5.36. The van der Waals surface area contributed by atoms with E-state index in [0.29, 0.717) is 18.7 Å². The number of rotatable bonds is 8. The van der Waals surface area contributed by atoms with Crippen molar-refractivity contribution in [1.29, 1.82) is 0 Å². The topological polar surface area (TPSA) is 141 Å². The number of H-pyrrole nitrogens is 1. The number of carboxylic acids is 1. The quantitative estimate of drug-likeness (QED) is 0.360. The monoisotopic (exact) mass is 520 g/mol. The van der Waals surface area contributed by atoms with Crippen molar-refractivity contribution in [2.24, 2.45) is 0 Å². The van der Waals surface area contributed by atoms with E-state index in [1.165, 1.54) is 4.90 Å². The average molecular weight is 521 g/mol. The van der Waals surface area contributed by atoms with Crippen LogP contribution in [-0.2, 0) is 32.0 Å². The van der Waals surface area contributed by atoms with E-state index in [-0.39, 0.29) is 6.42 Å². The second-order valence-corrected chi connectivity index (χ2v) is 10.3. The number of aliphatic carboxylic acids is 1. The van der Waals surface area contributed by atoms with Crippen LogP contribution in [0.4, 0.5) is 10.5 Å². The van der Waals surface area contributed by atoms with Gasteiger partial charge < -0.3 is 30.4 Å². The summed E-state index contributed by atoms with van der Waals surface area (Å²) in [6.45, 7) is 5.50. The van der Waals surface area contributed by atoms with Crippen LogP contribution < -0.4 is 15.5 Å². The molecule has 0 aliphatic carbocycles. The third-order valence-electron chi connectivity index (χ3n) is 6.25. The van der Waals surface area contributed by atoms with Gasteiger partial charge in [0.2, 0.25) is 11.8 Å².